The maximum absolute atomic E-state index is 11.3. The Labute approximate surface area is 102 Å². The van der Waals surface area contributed by atoms with Crippen LogP contribution in [0.2, 0.25) is 0 Å². The summed E-state index contributed by atoms with van der Waals surface area (Å²) < 4.78 is 4.66. The minimum atomic E-state index is -0.284. The lowest BCUT2D eigenvalue weighted by Gasteiger charge is -2.35. The highest BCUT2D eigenvalue weighted by molar-refractivity contribution is 5.89. The van der Waals surface area contributed by atoms with Gasteiger partial charge in [-0.1, -0.05) is 12.1 Å². The molecular weight excluding hydrogens is 216 g/mol. The van der Waals surface area contributed by atoms with Crippen molar-refractivity contribution in [2.24, 2.45) is 0 Å². The highest BCUT2D eigenvalue weighted by Crippen LogP contribution is 2.11. The van der Waals surface area contributed by atoms with E-state index in [1.165, 1.54) is 12.7 Å². The van der Waals surface area contributed by atoms with E-state index in [4.69, 9.17) is 0 Å². The molecule has 1 aromatic rings. The van der Waals surface area contributed by atoms with Gasteiger partial charge in [0.25, 0.3) is 0 Å². The molecule has 0 amide bonds. The van der Waals surface area contributed by atoms with Gasteiger partial charge in [-0.25, -0.2) is 4.79 Å². The normalized spacial score (nSPS) is 15.7. The molecular formula is C13H18N2O2. The molecule has 1 fully saturated rings. The van der Waals surface area contributed by atoms with Crippen LogP contribution < -0.4 is 5.32 Å². The van der Waals surface area contributed by atoms with E-state index in [9.17, 15) is 4.79 Å². The first kappa shape index (κ1) is 12.1. The standard InChI is InChI=1S/C13H18N2O2/c1-15(12-7-14-8-12)9-10-3-5-11(6-4-10)13(16)17-2/h3-6,12,14H,7-9H2,1-2H3. The molecule has 1 aliphatic rings. The average molecular weight is 234 g/mol. The average Bonchev–Trinajstić information content (AvgIpc) is 2.26. The van der Waals surface area contributed by atoms with Gasteiger partial charge in [0.15, 0.2) is 0 Å². The van der Waals surface area contributed by atoms with Gasteiger partial charge < -0.3 is 10.1 Å². The Hall–Kier alpha value is -1.39. The van der Waals surface area contributed by atoms with E-state index in [1.54, 1.807) is 0 Å². The molecule has 0 unspecified atom stereocenters. The lowest BCUT2D eigenvalue weighted by atomic mass is 10.1. The molecule has 1 saturated heterocycles. The van der Waals surface area contributed by atoms with E-state index >= 15 is 0 Å². The first-order valence-corrected chi connectivity index (χ1v) is 5.79. The van der Waals surface area contributed by atoms with Crippen LogP contribution >= 0.6 is 0 Å². The fraction of sp³-hybridized carbons (Fsp3) is 0.462. The van der Waals surface area contributed by atoms with Crippen LogP contribution in [0.5, 0.6) is 0 Å². The van der Waals surface area contributed by atoms with Crippen LogP contribution in [0.15, 0.2) is 24.3 Å². The van der Waals surface area contributed by atoms with Gasteiger partial charge in [-0.3, -0.25) is 4.90 Å². The fourth-order valence-electron chi connectivity index (χ4n) is 1.87. The van der Waals surface area contributed by atoms with Crippen molar-refractivity contribution < 1.29 is 9.53 Å². The van der Waals surface area contributed by atoms with Gasteiger partial charge in [-0.15, -0.1) is 0 Å². The van der Waals surface area contributed by atoms with Crippen molar-refractivity contribution >= 4 is 5.97 Å². The van der Waals surface area contributed by atoms with E-state index in [0.29, 0.717) is 11.6 Å². The summed E-state index contributed by atoms with van der Waals surface area (Å²) in [6, 6.07) is 8.22. The number of nitrogens with one attached hydrogen (secondary N) is 1. The van der Waals surface area contributed by atoms with E-state index < -0.39 is 0 Å². The molecule has 1 aromatic carbocycles. The van der Waals surface area contributed by atoms with Crippen LogP contribution in [0.25, 0.3) is 0 Å². The Balaban J connectivity index is 1.95. The summed E-state index contributed by atoms with van der Waals surface area (Å²) in [5.41, 5.74) is 1.82. The Morgan fingerprint density at radius 3 is 2.53 bits per heavy atom. The number of likely N-dealkylation sites (N-methyl/N-ethyl adjacent to an activating group) is 1. The second-order valence-electron chi connectivity index (χ2n) is 4.42. The van der Waals surface area contributed by atoms with Gasteiger partial charge in [0.05, 0.1) is 12.7 Å². The SMILES string of the molecule is COC(=O)c1ccc(CN(C)C2CNC2)cc1. The van der Waals surface area contributed by atoms with Crippen molar-refractivity contribution in [1.82, 2.24) is 10.2 Å². The molecule has 17 heavy (non-hydrogen) atoms. The maximum atomic E-state index is 11.3. The fourth-order valence-corrected chi connectivity index (χ4v) is 1.87. The van der Waals surface area contributed by atoms with Gasteiger partial charge in [0, 0.05) is 25.7 Å². The number of nitrogens with zero attached hydrogens (tertiary/aromatic N) is 1. The van der Waals surface area contributed by atoms with Crippen LogP contribution in [0.1, 0.15) is 15.9 Å². The minimum Gasteiger partial charge on any atom is -0.465 e. The summed E-state index contributed by atoms with van der Waals surface area (Å²) >= 11 is 0. The Kier molecular flexibility index (Phi) is 3.76. The lowest BCUT2D eigenvalue weighted by molar-refractivity contribution is 0.0600. The zero-order chi connectivity index (χ0) is 12.3. The monoisotopic (exact) mass is 234 g/mol. The number of carbonyl (C=O) groups excluding carboxylic acids is 1. The number of methoxy groups -OCH3 is 1. The second kappa shape index (κ2) is 5.29. The van der Waals surface area contributed by atoms with Gasteiger partial charge >= 0.3 is 5.97 Å². The quantitative estimate of drug-likeness (QED) is 0.785. The number of carbonyl (C=O) groups is 1. The van der Waals surface area contributed by atoms with Crippen LogP contribution in [-0.2, 0) is 11.3 Å². The minimum absolute atomic E-state index is 0.284. The highest BCUT2D eigenvalue weighted by atomic mass is 16.5. The summed E-state index contributed by atoms with van der Waals surface area (Å²) in [6.45, 7) is 3.04. The molecule has 2 rings (SSSR count). The number of hydrogen-bond acceptors (Lipinski definition) is 4. The van der Waals surface area contributed by atoms with Gasteiger partial charge in [-0.05, 0) is 24.7 Å². The topological polar surface area (TPSA) is 41.6 Å². The third kappa shape index (κ3) is 2.84. The van der Waals surface area contributed by atoms with Crippen molar-refractivity contribution in [2.45, 2.75) is 12.6 Å². The Morgan fingerprint density at radius 1 is 1.41 bits per heavy atom. The van der Waals surface area contributed by atoms with Gasteiger partial charge in [0.1, 0.15) is 0 Å². The van der Waals surface area contributed by atoms with Crippen molar-refractivity contribution in [3.63, 3.8) is 0 Å². The Bertz CT molecular complexity index is 385. The number of esters is 1. The van der Waals surface area contributed by atoms with E-state index in [0.717, 1.165) is 19.6 Å². The number of benzene rings is 1. The van der Waals surface area contributed by atoms with Crippen molar-refractivity contribution in [1.29, 1.82) is 0 Å². The summed E-state index contributed by atoms with van der Waals surface area (Å²) in [4.78, 5) is 13.6. The third-order valence-corrected chi connectivity index (χ3v) is 3.19. The largest absolute Gasteiger partial charge is 0.465 e. The van der Waals surface area contributed by atoms with Crippen molar-refractivity contribution in [2.75, 3.05) is 27.2 Å². The zero-order valence-corrected chi connectivity index (χ0v) is 10.3. The molecule has 4 heteroatoms. The highest BCUT2D eigenvalue weighted by Gasteiger charge is 2.21. The lowest BCUT2D eigenvalue weighted by Crippen LogP contribution is -2.55. The molecule has 92 valence electrons. The predicted molar refractivity (Wildman–Crippen MR) is 65.9 cm³/mol. The van der Waals surface area contributed by atoms with E-state index in [1.807, 2.05) is 24.3 Å². The number of ether oxygens (including phenoxy) is 1. The maximum Gasteiger partial charge on any atom is 0.337 e. The number of rotatable bonds is 4. The molecule has 1 heterocycles. The molecule has 1 N–H and O–H groups in total. The second-order valence-corrected chi connectivity index (χ2v) is 4.42. The summed E-state index contributed by atoms with van der Waals surface area (Å²) in [5.74, 6) is -0.284. The summed E-state index contributed by atoms with van der Waals surface area (Å²) in [7, 11) is 3.52. The molecule has 0 spiro atoms. The third-order valence-electron chi connectivity index (χ3n) is 3.19. The van der Waals surface area contributed by atoms with Crippen molar-refractivity contribution in [3.8, 4) is 0 Å². The molecule has 0 saturated carbocycles. The first-order chi connectivity index (χ1) is 8.20. The van der Waals surface area contributed by atoms with E-state index in [-0.39, 0.29) is 5.97 Å². The predicted octanol–water partition coefficient (Wildman–Crippen LogP) is 0.877. The summed E-state index contributed by atoms with van der Waals surface area (Å²) in [5, 5.41) is 3.26. The molecule has 4 nitrogen and oxygen atoms in total. The molecule has 1 aliphatic heterocycles. The summed E-state index contributed by atoms with van der Waals surface area (Å²) in [6.07, 6.45) is 0. The first-order valence-electron chi connectivity index (χ1n) is 5.79. The smallest absolute Gasteiger partial charge is 0.337 e. The molecule has 0 bridgehead atoms. The Morgan fingerprint density at radius 2 is 2.06 bits per heavy atom. The van der Waals surface area contributed by atoms with Crippen LogP contribution in [0.4, 0.5) is 0 Å². The van der Waals surface area contributed by atoms with E-state index in [2.05, 4.69) is 22.0 Å². The van der Waals surface area contributed by atoms with Crippen LogP contribution in [-0.4, -0.2) is 44.2 Å². The molecule has 0 aliphatic carbocycles. The number of hydrogen-bond donors (Lipinski definition) is 1. The van der Waals surface area contributed by atoms with Crippen molar-refractivity contribution in [3.05, 3.63) is 35.4 Å². The molecule has 0 aromatic heterocycles. The van der Waals surface area contributed by atoms with Gasteiger partial charge in [0.2, 0.25) is 0 Å². The molecule has 0 atom stereocenters. The molecule has 0 radical (unpaired) electrons. The zero-order valence-electron chi connectivity index (χ0n) is 10.3. The van der Waals surface area contributed by atoms with Gasteiger partial charge in [-0.2, -0.15) is 0 Å². The van der Waals surface area contributed by atoms with Crippen LogP contribution in [0.3, 0.4) is 0 Å². The van der Waals surface area contributed by atoms with Crippen LogP contribution in [0, 0.1) is 0 Å².